The molecule has 1 atom stereocenters. The maximum atomic E-state index is 3.55. The highest BCUT2D eigenvalue weighted by molar-refractivity contribution is 5.02. The van der Waals surface area contributed by atoms with Crippen molar-refractivity contribution in [2.75, 3.05) is 13.1 Å². The third-order valence-corrected chi connectivity index (χ3v) is 7.44. The zero-order chi connectivity index (χ0) is 13.6. The van der Waals surface area contributed by atoms with Gasteiger partial charge in [0, 0.05) is 0 Å². The molecule has 4 bridgehead atoms. The van der Waals surface area contributed by atoms with Gasteiger partial charge in [0.2, 0.25) is 0 Å². The minimum atomic E-state index is 0.806. The van der Waals surface area contributed by atoms with Gasteiger partial charge in [0.1, 0.15) is 0 Å². The van der Waals surface area contributed by atoms with Crippen molar-refractivity contribution in [1.29, 1.82) is 0 Å². The van der Waals surface area contributed by atoms with Gasteiger partial charge in [-0.15, -0.1) is 0 Å². The highest BCUT2D eigenvalue weighted by atomic mass is 14.9. The van der Waals surface area contributed by atoms with Crippen LogP contribution in [0.15, 0.2) is 0 Å². The molecule has 0 aromatic rings. The molecule has 0 aromatic carbocycles. The van der Waals surface area contributed by atoms with Gasteiger partial charge in [-0.3, -0.25) is 0 Å². The van der Waals surface area contributed by atoms with Gasteiger partial charge in [0.15, 0.2) is 0 Å². The van der Waals surface area contributed by atoms with Crippen LogP contribution in [-0.2, 0) is 0 Å². The summed E-state index contributed by atoms with van der Waals surface area (Å²) in [7, 11) is 0. The second-order valence-corrected chi connectivity index (χ2v) is 8.88. The molecule has 1 saturated heterocycles. The molecule has 1 N–H and O–H groups in total. The fourth-order valence-electron chi connectivity index (χ4n) is 7.06. The molecule has 0 aromatic heterocycles. The maximum Gasteiger partial charge on any atom is -0.00462 e. The van der Waals surface area contributed by atoms with Gasteiger partial charge in [-0.2, -0.15) is 0 Å². The predicted octanol–water partition coefficient (Wildman–Crippen LogP) is 4.62. The van der Waals surface area contributed by atoms with E-state index in [-0.39, 0.29) is 0 Å². The van der Waals surface area contributed by atoms with Crippen molar-refractivity contribution in [2.24, 2.45) is 35.0 Å². The van der Waals surface area contributed by atoms with Crippen LogP contribution in [0.4, 0.5) is 0 Å². The Morgan fingerprint density at radius 3 is 2.00 bits per heavy atom. The average molecular weight is 275 g/mol. The standard InChI is InChI=1S/C19H33N/c1-2-17(18-3-5-20-6-4-18)13-19-10-14-7-15(11-19)9-16(8-14)12-19/h14-18,20H,2-13H2,1H3. The van der Waals surface area contributed by atoms with E-state index in [2.05, 4.69) is 12.2 Å². The van der Waals surface area contributed by atoms with Gasteiger partial charge in [-0.05, 0) is 106 Å². The number of nitrogens with one attached hydrogen (secondary N) is 1. The normalized spacial score (nSPS) is 45.8. The Morgan fingerprint density at radius 1 is 0.950 bits per heavy atom. The molecule has 1 heteroatoms. The molecular weight excluding hydrogens is 242 g/mol. The summed E-state index contributed by atoms with van der Waals surface area (Å²) in [6.07, 6.45) is 15.6. The molecule has 5 aliphatic rings. The summed E-state index contributed by atoms with van der Waals surface area (Å²) in [5, 5.41) is 3.55. The first-order chi connectivity index (χ1) is 9.76. The highest BCUT2D eigenvalue weighted by Crippen LogP contribution is 2.62. The first kappa shape index (κ1) is 13.6. The van der Waals surface area contributed by atoms with Crippen LogP contribution < -0.4 is 5.32 Å². The highest BCUT2D eigenvalue weighted by Gasteiger charge is 2.51. The first-order valence-corrected chi connectivity index (χ1v) is 9.47. The predicted molar refractivity (Wildman–Crippen MR) is 84.6 cm³/mol. The lowest BCUT2D eigenvalue weighted by molar-refractivity contribution is -0.0706. The van der Waals surface area contributed by atoms with Crippen molar-refractivity contribution in [1.82, 2.24) is 5.32 Å². The van der Waals surface area contributed by atoms with Gasteiger partial charge >= 0.3 is 0 Å². The maximum absolute atomic E-state index is 3.55. The molecule has 20 heavy (non-hydrogen) atoms. The molecule has 1 nitrogen and oxygen atoms in total. The van der Waals surface area contributed by atoms with Gasteiger partial charge < -0.3 is 5.32 Å². The monoisotopic (exact) mass is 275 g/mol. The zero-order valence-corrected chi connectivity index (χ0v) is 13.4. The van der Waals surface area contributed by atoms with Crippen LogP contribution in [0.2, 0.25) is 0 Å². The molecule has 114 valence electrons. The summed E-state index contributed by atoms with van der Waals surface area (Å²) in [6, 6.07) is 0. The lowest BCUT2D eigenvalue weighted by Crippen LogP contribution is -2.47. The number of hydrogen-bond acceptors (Lipinski definition) is 1. The minimum Gasteiger partial charge on any atom is -0.317 e. The van der Waals surface area contributed by atoms with E-state index in [1.54, 1.807) is 44.9 Å². The van der Waals surface area contributed by atoms with Crippen molar-refractivity contribution in [3.63, 3.8) is 0 Å². The molecule has 1 heterocycles. The Balaban J connectivity index is 1.46. The van der Waals surface area contributed by atoms with Crippen LogP contribution in [0.3, 0.4) is 0 Å². The summed E-state index contributed by atoms with van der Waals surface area (Å²) in [5.41, 5.74) is 0.806. The van der Waals surface area contributed by atoms with Crippen LogP contribution in [-0.4, -0.2) is 13.1 Å². The third kappa shape index (κ3) is 2.45. The summed E-state index contributed by atoms with van der Waals surface area (Å²) < 4.78 is 0. The number of piperidine rings is 1. The van der Waals surface area contributed by atoms with Crippen molar-refractivity contribution in [3.8, 4) is 0 Å². The van der Waals surface area contributed by atoms with Gasteiger partial charge in [0.25, 0.3) is 0 Å². The van der Waals surface area contributed by atoms with E-state index in [0.717, 1.165) is 35.0 Å². The van der Waals surface area contributed by atoms with Crippen LogP contribution in [0.25, 0.3) is 0 Å². The van der Waals surface area contributed by atoms with E-state index >= 15 is 0 Å². The molecule has 1 aliphatic heterocycles. The van der Waals surface area contributed by atoms with Crippen molar-refractivity contribution >= 4 is 0 Å². The van der Waals surface area contributed by atoms with Gasteiger partial charge in [-0.1, -0.05) is 13.3 Å². The Hall–Kier alpha value is -0.0400. The molecule has 0 spiro atoms. The van der Waals surface area contributed by atoms with Crippen molar-refractivity contribution < 1.29 is 0 Å². The SMILES string of the molecule is CCC(CC12CC3CC(CC(C3)C1)C2)C1CCNCC1. The van der Waals surface area contributed by atoms with Crippen LogP contribution >= 0.6 is 0 Å². The summed E-state index contributed by atoms with van der Waals surface area (Å²) >= 11 is 0. The van der Waals surface area contributed by atoms with E-state index < -0.39 is 0 Å². The minimum absolute atomic E-state index is 0.806. The van der Waals surface area contributed by atoms with Gasteiger partial charge in [0.05, 0.1) is 0 Å². The molecule has 0 radical (unpaired) electrons. The Labute approximate surface area is 125 Å². The largest absolute Gasteiger partial charge is 0.317 e. The van der Waals surface area contributed by atoms with Crippen molar-refractivity contribution in [2.45, 2.75) is 71.1 Å². The van der Waals surface area contributed by atoms with Crippen LogP contribution in [0, 0.1) is 35.0 Å². The van der Waals surface area contributed by atoms with Crippen LogP contribution in [0.1, 0.15) is 71.1 Å². The van der Waals surface area contributed by atoms with E-state index in [4.69, 9.17) is 0 Å². The summed E-state index contributed by atoms with van der Waals surface area (Å²) in [5.74, 6) is 5.47. The third-order valence-electron chi connectivity index (χ3n) is 7.44. The molecule has 4 aliphatic carbocycles. The van der Waals surface area contributed by atoms with E-state index in [0.29, 0.717) is 0 Å². The van der Waals surface area contributed by atoms with Gasteiger partial charge in [-0.25, -0.2) is 0 Å². The Morgan fingerprint density at radius 2 is 1.50 bits per heavy atom. The molecule has 4 saturated carbocycles. The number of rotatable bonds is 4. The molecule has 1 unspecified atom stereocenters. The van der Waals surface area contributed by atoms with E-state index in [1.165, 1.54) is 32.4 Å². The fourth-order valence-corrected chi connectivity index (χ4v) is 7.06. The molecular formula is C19H33N. The molecule has 5 rings (SSSR count). The average Bonchev–Trinajstić information content (AvgIpc) is 2.44. The summed E-state index contributed by atoms with van der Waals surface area (Å²) in [4.78, 5) is 0. The number of hydrogen-bond donors (Lipinski definition) is 1. The van der Waals surface area contributed by atoms with E-state index in [9.17, 15) is 0 Å². The Bertz CT molecular complexity index is 306. The Kier molecular flexibility index (Phi) is 3.61. The van der Waals surface area contributed by atoms with E-state index in [1.807, 2.05) is 0 Å². The second kappa shape index (κ2) is 5.30. The molecule has 0 amide bonds. The lowest BCUT2D eigenvalue weighted by atomic mass is 9.47. The van der Waals surface area contributed by atoms with Crippen LogP contribution in [0.5, 0.6) is 0 Å². The quantitative estimate of drug-likeness (QED) is 0.789. The topological polar surface area (TPSA) is 12.0 Å². The lowest BCUT2D eigenvalue weighted by Gasteiger charge is -2.58. The summed E-state index contributed by atoms with van der Waals surface area (Å²) in [6.45, 7) is 5.03. The molecule has 5 fully saturated rings. The smallest absolute Gasteiger partial charge is 0.00462 e. The van der Waals surface area contributed by atoms with Crippen molar-refractivity contribution in [3.05, 3.63) is 0 Å². The fraction of sp³-hybridized carbons (Fsp3) is 1.00. The second-order valence-electron chi connectivity index (χ2n) is 8.88. The zero-order valence-electron chi connectivity index (χ0n) is 13.4. The first-order valence-electron chi connectivity index (χ1n) is 9.47.